The van der Waals surface area contributed by atoms with Gasteiger partial charge in [-0.3, -0.25) is 0 Å². The summed E-state index contributed by atoms with van der Waals surface area (Å²) in [6.45, 7) is 1.94. The average molecular weight is 281 g/mol. The van der Waals surface area contributed by atoms with Crippen LogP contribution in [0.25, 0.3) is 11.1 Å². The van der Waals surface area contributed by atoms with Gasteiger partial charge >= 0.3 is 6.36 Å². The molecule has 0 atom stereocenters. The fourth-order valence-corrected chi connectivity index (χ4v) is 2.00. The average Bonchev–Trinajstić information content (AvgIpc) is 2.38. The second-order valence-electron chi connectivity index (χ2n) is 4.31. The lowest BCUT2D eigenvalue weighted by Gasteiger charge is -2.14. The largest absolute Gasteiger partial charge is 0.573 e. The highest BCUT2D eigenvalue weighted by atomic mass is 19.4. The summed E-state index contributed by atoms with van der Waals surface area (Å²) in [6, 6.07) is 11.2. The maximum absolute atomic E-state index is 12.4. The zero-order chi connectivity index (χ0) is 14.8. The molecular formula is C15H14F3NO. The Morgan fingerprint density at radius 2 is 1.80 bits per heavy atom. The van der Waals surface area contributed by atoms with E-state index >= 15 is 0 Å². The van der Waals surface area contributed by atoms with Gasteiger partial charge in [-0.15, -0.1) is 13.2 Å². The topological polar surface area (TPSA) is 35.2 Å². The normalized spacial score (nSPS) is 11.4. The SMILES string of the molecule is CCc1cc(-c2ccccc2OC(F)(F)F)ccc1N. The predicted octanol–water partition coefficient (Wildman–Crippen LogP) is 4.40. The van der Waals surface area contributed by atoms with Crippen LogP contribution in [0.3, 0.4) is 0 Å². The van der Waals surface area contributed by atoms with Crippen molar-refractivity contribution in [3.05, 3.63) is 48.0 Å². The molecule has 0 aliphatic carbocycles. The smallest absolute Gasteiger partial charge is 0.405 e. The molecule has 0 radical (unpaired) electrons. The minimum atomic E-state index is -4.71. The fraction of sp³-hybridized carbons (Fsp3) is 0.200. The number of nitrogens with two attached hydrogens (primary N) is 1. The van der Waals surface area contributed by atoms with Crippen LogP contribution < -0.4 is 10.5 Å². The highest BCUT2D eigenvalue weighted by Gasteiger charge is 2.32. The van der Waals surface area contributed by atoms with Crippen molar-refractivity contribution < 1.29 is 17.9 Å². The monoisotopic (exact) mass is 281 g/mol. The lowest BCUT2D eigenvalue weighted by atomic mass is 10.00. The summed E-state index contributed by atoms with van der Waals surface area (Å²) in [7, 11) is 0. The second kappa shape index (κ2) is 5.45. The third kappa shape index (κ3) is 3.23. The molecule has 2 rings (SSSR count). The van der Waals surface area contributed by atoms with Crippen molar-refractivity contribution in [2.24, 2.45) is 0 Å². The van der Waals surface area contributed by atoms with Crippen molar-refractivity contribution in [1.82, 2.24) is 0 Å². The molecule has 0 fully saturated rings. The molecule has 0 saturated heterocycles. The van der Waals surface area contributed by atoms with E-state index < -0.39 is 6.36 Å². The molecule has 0 bridgehead atoms. The van der Waals surface area contributed by atoms with Crippen LogP contribution in [0.5, 0.6) is 5.75 Å². The Hall–Kier alpha value is -2.17. The molecular weight excluding hydrogens is 267 g/mol. The molecule has 0 aromatic heterocycles. The number of para-hydroxylation sites is 1. The van der Waals surface area contributed by atoms with Crippen molar-refractivity contribution in [2.75, 3.05) is 5.73 Å². The van der Waals surface area contributed by atoms with Crippen molar-refractivity contribution in [3.8, 4) is 16.9 Å². The molecule has 5 heteroatoms. The van der Waals surface area contributed by atoms with Crippen LogP contribution in [0.1, 0.15) is 12.5 Å². The minimum Gasteiger partial charge on any atom is -0.405 e. The van der Waals surface area contributed by atoms with E-state index in [2.05, 4.69) is 4.74 Å². The van der Waals surface area contributed by atoms with Crippen molar-refractivity contribution in [3.63, 3.8) is 0 Å². The van der Waals surface area contributed by atoms with Crippen LogP contribution in [-0.4, -0.2) is 6.36 Å². The van der Waals surface area contributed by atoms with Crippen LogP contribution in [0, 0.1) is 0 Å². The van der Waals surface area contributed by atoms with Gasteiger partial charge in [0, 0.05) is 11.3 Å². The van der Waals surface area contributed by atoms with Gasteiger partial charge in [0.05, 0.1) is 0 Å². The lowest BCUT2D eigenvalue weighted by molar-refractivity contribution is -0.274. The van der Waals surface area contributed by atoms with Crippen LogP contribution in [0.15, 0.2) is 42.5 Å². The molecule has 0 aliphatic heterocycles. The highest BCUT2D eigenvalue weighted by molar-refractivity contribution is 5.73. The molecule has 106 valence electrons. The fourth-order valence-electron chi connectivity index (χ4n) is 2.00. The number of rotatable bonds is 3. The first kappa shape index (κ1) is 14.2. The summed E-state index contributed by atoms with van der Waals surface area (Å²) in [6.07, 6.45) is -4.00. The first-order valence-electron chi connectivity index (χ1n) is 6.14. The molecule has 2 aromatic carbocycles. The van der Waals surface area contributed by atoms with Gasteiger partial charge < -0.3 is 10.5 Å². The zero-order valence-corrected chi connectivity index (χ0v) is 10.9. The molecule has 20 heavy (non-hydrogen) atoms. The van der Waals surface area contributed by atoms with Gasteiger partial charge in [0.1, 0.15) is 5.75 Å². The van der Waals surface area contributed by atoms with Gasteiger partial charge in [0.2, 0.25) is 0 Å². The van der Waals surface area contributed by atoms with Crippen molar-refractivity contribution in [1.29, 1.82) is 0 Å². The highest BCUT2D eigenvalue weighted by Crippen LogP contribution is 2.34. The van der Waals surface area contributed by atoms with E-state index in [1.165, 1.54) is 12.1 Å². The Bertz CT molecular complexity index is 608. The maximum atomic E-state index is 12.4. The van der Waals surface area contributed by atoms with Crippen LogP contribution >= 0.6 is 0 Å². The number of anilines is 1. The Balaban J connectivity index is 2.47. The van der Waals surface area contributed by atoms with Gasteiger partial charge in [-0.2, -0.15) is 0 Å². The number of hydrogen-bond donors (Lipinski definition) is 1. The van der Waals surface area contributed by atoms with Gasteiger partial charge in [0.15, 0.2) is 0 Å². The van der Waals surface area contributed by atoms with E-state index in [4.69, 9.17) is 5.73 Å². The van der Waals surface area contributed by atoms with E-state index in [0.717, 1.165) is 5.56 Å². The Morgan fingerprint density at radius 1 is 1.10 bits per heavy atom. The third-order valence-corrected chi connectivity index (χ3v) is 2.95. The Kier molecular flexibility index (Phi) is 3.88. The number of benzene rings is 2. The number of alkyl halides is 3. The number of ether oxygens (including phenoxy) is 1. The molecule has 0 heterocycles. The zero-order valence-electron chi connectivity index (χ0n) is 10.9. The first-order valence-corrected chi connectivity index (χ1v) is 6.14. The molecule has 0 unspecified atom stereocenters. The van der Waals surface area contributed by atoms with E-state index in [-0.39, 0.29) is 5.75 Å². The predicted molar refractivity (Wildman–Crippen MR) is 72.4 cm³/mol. The molecule has 2 N–H and O–H groups in total. The number of hydrogen-bond acceptors (Lipinski definition) is 2. The molecule has 2 aromatic rings. The number of halogens is 3. The summed E-state index contributed by atoms with van der Waals surface area (Å²) >= 11 is 0. The summed E-state index contributed by atoms with van der Waals surface area (Å²) in [5, 5.41) is 0. The van der Waals surface area contributed by atoms with Crippen LogP contribution in [-0.2, 0) is 6.42 Å². The maximum Gasteiger partial charge on any atom is 0.573 e. The minimum absolute atomic E-state index is 0.216. The molecule has 0 aliphatic rings. The number of aryl methyl sites for hydroxylation is 1. The quantitative estimate of drug-likeness (QED) is 0.846. The molecule has 2 nitrogen and oxygen atoms in total. The second-order valence-corrected chi connectivity index (χ2v) is 4.31. The summed E-state index contributed by atoms with van der Waals surface area (Å²) in [5.41, 5.74) is 8.37. The summed E-state index contributed by atoms with van der Waals surface area (Å²) in [4.78, 5) is 0. The molecule has 0 spiro atoms. The van der Waals surface area contributed by atoms with E-state index in [9.17, 15) is 13.2 Å². The number of nitrogen functional groups attached to an aromatic ring is 1. The third-order valence-electron chi connectivity index (χ3n) is 2.95. The van der Waals surface area contributed by atoms with Gasteiger partial charge in [0.25, 0.3) is 0 Å². The van der Waals surface area contributed by atoms with Gasteiger partial charge in [-0.1, -0.05) is 31.2 Å². The van der Waals surface area contributed by atoms with Crippen molar-refractivity contribution >= 4 is 5.69 Å². The lowest BCUT2D eigenvalue weighted by Crippen LogP contribution is -2.17. The summed E-state index contributed by atoms with van der Waals surface area (Å²) in [5.74, 6) is -0.216. The summed E-state index contributed by atoms with van der Waals surface area (Å²) < 4.78 is 41.3. The van der Waals surface area contributed by atoms with E-state index in [1.54, 1.807) is 30.3 Å². The van der Waals surface area contributed by atoms with Crippen molar-refractivity contribution in [2.45, 2.75) is 19.7 Å². The molecule has 0 saturated carbocycles. The van der Waals surface area contributed by atoms with Crippen LogP contribution in [0.4, 0.5) is 18.9 Å². The van der Waals surface area contributed by atoms with E-state index in [0.29, 0.717) is 23.2 Å². The van der Waals surface area contributed by atoms with Gasteiger partial charge in [-0.05, 0) is 35.7 Å². The van der Waals surface area contributed by atoms with Crippen LogP contribution in [0.2, 0.25) is 0 Å². The Labute approximate surface area is 115 Å². The van der Waals surface area contributed by atoms with Gasteiger partial charge in [-0.25, -0.2) is 0 Å². The molecule has 0 amide bonds. The standard InChI is InChI=1S/C15H14F3NO/c1-2-10-9-11(7-8-13(10)19)12-5-3-4-6-14(12)20-15(16,17)18/h3-9H,2,19H2,1H3. The van der Waals surface area contributed by atoms with E-state index in [1.807, 2.05) is 6.92 Å². The first-order chi connectivity index (χ1) is 9.40. The Morgan fingerprint density at radius 3 is 2.45 bits per heavy atom.